The lowest BCUT2D eigenvalue weighted by atomic mass is 9.70. The molecule has 59 heavy (non-hydrogen) atoms. The first-order valence-corrected chi connectivity index (χ1v) is 20.0. The van der Waals surface area contributed by atoms with E-state index in [0.29, 0.717) is 11.4 Å². The molecule has 1 unspecified atom stereocenters. The summed E-state index contributed by atoms with van der Waals surface area (Å²) in [5.74, 6) is 0. The molecule has 0 saturated heterocycles. The van der Waals surface area contributed by atoms with E-state index in [1.807, 2.05) is 41.3 Å². The Morgan fingerprint density at radius 1 is 0.407 bits per heavy atom. The number of fused-ring (bicyclic) bond motifs is 13. The van der Waals surface area contributed by atoms with Gasteiger partial charge in [-0.3, -0.25) is 0 Å². The molecule has 0 fully saturated rings. The second-order valence-corrected chi connectivity index (χ2v) is 15.4. The summed E-state index contributed by atoms with van der Waals surface area (Å²) in [6, 6.07) is 64.3. The molecule has 0 saturated carbocycles. The van der Waals surface area contributed by atoms with Gasteiger partial charge >= 0.3 is 0 Å². The molecule has 9 aromatic carbocycles. The van der Waals surface area contributed by atoms with Crippen molar-refractivity contribution in [2.45, 2.75) is 5.41 Å². The molecule has 1 atom stereocenters. The maximum atomic E-state index is 9.12. The molecule has 1 aromatic heterocycles. The number of hydrogen-bond acceptors (Lipinski definition) is 2. The maximum Gasteiger partial charge on any atom is 0.0726 e. The minimum Gasteiger partial charge on any atom is -0.344 e. The van der Waals surface area contributed by atoms with Crippen molar-refractivity contribution in [3.05, 3.63) is 241 Å². The molecule has 0 amide bonds. The van der Waals surface area contributed by atoms with Crippen molar-refractivity contribution < 1.29 is 6.85 Å². The van der Waals surface area contributed by atoms with Gasteiger partial charge in [0.05, 0.1) is 23.5 Å². The zero-order valence-electron chi connectivity index (χ0n) is 37.2. The summed E-state index contributed by atoms with van der Waals surface area (Å²) in [5.41, 5.74) is 15.4. The Hall–Kier alpha value is -7.62. The van der Waals surface area contributed by atoms with E-state index in [0.717, 1.165) is 56.0 Å². The number of anilines is 6. The summed E-state index contributed by atoms with van der Waals surface area (Å²) < 4.78 is 46.2. The Morgan fingerprint density at radius 2 is 0.966 bits per heavy atom. The third kappa shape index (κ3) is 4.76. The van der Waals surface area contributed by atoms with Crippen molar-refractivity contribution in [1.29, 1.82) is 0 Å². The van der Waals surface area contributed by atoms with Gasteiger partial charge in [0.1, 0.15) is 0 Å². The average molecular weight is 759 g/mol. The SMILES string of the molecule is [2H]c1c([2H])c([2H])c(N(c2ccccc2)c2ccc3c(c2)C2(c4ccccc4-c4cc(N(c5ccccc5)c5cccc6c5c5ccccc5n6C)ccc42)c2ccccc2-3)c([2H])c1[2H]. The first-order valence-electron chi connectivity index (χ1n) is 22.5. The number of para-hydroxylation sites is 4. The van der Waals surface area contributed by atoms with Crippen LogP contribution in [0.3, 0.4) is 0 Å². The lowest BCUT2D eigenvalue weighted by Gasteiger charge is -2.32. The second kappa shape index (κ2) is 13.0. The fourth-order valence-electron chi connectivity index (χ4n) is 10.1. The smallest absolute Gasteiger partial charge is 0.0726 e. The van der Waals surface area contributed by atoms with Crippen LogP contribution in [-0.4, -0.2) is 4.57 Å². The van der Waals surface area contributed by atoms with E-state index in [4.69, 9.17) is 6.85 Å². The van der Waals surface area contributed by atoms with Gasteiger partial charge in [0.25, 0.3) is 0 Å². The predicted molar refractivity (Wildman–Crippen MR) is 246 cm³/mol. The van der Waals surface area contributed by atoms with Crippen molar-refractivity contribution >= 4 is 55.9 Å². The van der Waals surface area contributed by atoms with E-state index < -0.39 is 11.5 Å². The van der Waals surface area contributed by atoms with Crippen LogP contribution in [0.1, 0.15) is 29.1 Å². The van der Waals surface area contributed by atoms with Crippen molar-refractivity contribution in [2.24, 2.45) is 7.05 Å². The molecule has 2 aliphatic rings. The molecule has 0 radical (unpaired) electrons. The summed E-state index contributed by atoms with van der Waals surface area (Å²) in [6.45, 7) is 0. The maximum absolute atomic E-state index is 9.12. The predicted octanol–water partition coefficient (Wildman–Crippen LogP) is 14.6. The van der Waals surface area contributed by atoms with Gasteiger partial charge in [-0.05, 0) is 123 Å². The number of benzene rings is 9. The standard InChI is InChI=1S/C56H39N3/c1-57-52-29-16-13-26-46(52)55-53(57)30-17-31-54(55)59(40-22-9-4-10-23-40)41-33-35-50-47(36-41)44-25-12-15-28-49(44)56(50)48-27-14-11-24-43(48)45-34-32-42(37-51(45)56)58(38-18-5-2-6-19-38)39-20-7-3-8-21-39/h2-37H,1H3/i2D,5D,6D,18D,19D. The van der Waals surface area contributed by atoms with Gasteiger partial charge in [0.15, 0.2) is 0 Å². The summed E-state index contributed by atoms with van der Waals surface area (Å²) in [7, 11) is 2.14. The van der Waals surface area contributed by atoms with E-state index in [1.165, 1.54) is 27.4 Å². The first-order chi connectivity index (χ1) is 31.3. The normalized spacial score (nSPS) is 15.8. The largest absolute Gasteiger partial charge is 0.344 e. The zero-order chi connectivity index (χ0) is 43.4. The Labute approximate surface area is 351 Å². The molecule has 0 bridgehead atoms. The lowest BCUT2D eigenvalue weighted by molar-refractivity contribution is 0.793. The molecule has 12 rings (SSSR count). The zero-order valence-corrected chi connectivity index (χ0v) is 32.2. The Balaban J connectivity index is 1.12. The van der Waals surface area contributed by atoms with Crippen LogP contribution in [0, 0.1) is 0 Å². The van der Waals surface area contributed by atoms with E-state index in [-0.39, 0.29) is 29.9 Å². The highest BCUT2D eigenvalue weighted by Crippen LogP contribution is 2.64. The average Bonchev–Trinajstić information content (AvgIpc) is 3.93. The number of rotatable bonds is 6. The monoisotopic (exact) mass is 758 g/mol. The number of nitrogens with zero attached hydrogens (tertiary/aromatic N) is 3. The van der Waals surface area contributed by atoms with Gasteiger partial charge in [-0.2, -0.15) is 0 Å². The highest BCUT2D eigenvalue weighted by Gasteiger charge is 2.52. The highest BCUT2D eigenvalue weighted by atomic mass is 15.2. The first kappa shape index (κ1) is 28.7. The molecule has 3 heteroatoms. The summed E-state index contributed by atoms with van der Waals surface area (Å²) >= 11 is 0. The fraction of sp³-hybridized carbons (Fsp3) is 0.0357. The molecule has 10 aromatic rings. The molecule has 2 aliphatic carbocycles. The van der Waals surface area contributed by atoms with E-state index in [9.17, 15) is 0 Å². The van der Waals surface area contributed by atoms with Gasteiger partial charge in [-0.1, -0.05) is 139 Å². The highest BCUT2D eigenvalue weighted by molar-refractivity contribution is 6.15. The van der Waals surface area contributed by atoms with Gasteiger partial charge in [-0.25, -0.2) is 0 Å². The molecular weight excluding hydrogens is 715 g/mol. The van der Waals surface area contributed by atoms with Crippen molar-refractivity contribution in [3.63, 3.8) is 0 Å². The summed E-state index contributed by atoms with van der Waals surface area (Å²) in [6.07, 6.45) is 0. The fourth-order valence-corrected chi connectivity index (χ4v) is 10.1. The lowest BCUT2D eigenvalue weighted by Crippen LogP contribution is -2.26. The minimum atomic E-state index is -0.720. The van der Waals surface area contributed by atoms with E-state index >= 15 is 0 Å². The topological polar surface area (TPSA) is 11.4 Å². The third-order valence-electron chi connectivity index (χ3n) is 12.5. The molecule has 1 spiro atoms. The number of aryl methyl sites for hydroxylation is 1. The van der Waals surface area contributed by atoms with Crippen LogP contribution in [0.25, 0.3) is 44.1 Å². The Bertz CT molecular complexity index is 3520. The molecule has 0 N–H and O–H groups in total. The van der Waals surface area contributed by atoms with Gasteiger partial charge in [0, 0.05) is 51.8 Å². The van der Waals surface area contributed by atoms with Crippen LogP contribution < -0.4 is 9.80 Å². The van der Waals surface area contributed by atoms with Gasteiger partial charge < -0.3 is 14.4 Å². The van der Waals surface area contributed by atoms with Crippen molar-refractivity contribution in [2.75, 3.05) is 9.80 Å². The van der Waals surface area contributed by atoms with Crippen molar-refractivity contribution in [3.8, 4) is 22.3 Å². The van der Waals surface area contributed by atoms with Gasteiger partial charge in [-0.15, -0.1) is 0 Å². The second-order valence-electron chi connectivity index (χ2n) is 15.4. The molecular formula is C56H39N3. The van der Waals surface area contributed by atoms with Crippen LogP contribution in [0.15, 0.2) is 218 Å². The molecule has 3 nitrogen and oxygen atoms in total. The van der Waals surface area contributed by atoms with Crippen LogP contribution in [0.2, 0.25) is 0 Å². The Kier molecular flexibility index (Phi) is 6.31. The van der Waals surface area contributed by atoms with E-state index in [1.54, 1.807) is 0 Å². The summed E-state index contributed by atoms with van der Waals surface area (Å²) in [5, 5.41) is 2.39. The number of aromatic nitrogens is 1. The van der Waals surface area contributed by atoms with Crippen LogP contribution in [0.5, 0.6) is 0 Å². The summed E-state index contributed by atoms with van der Waals surface area (Å²) in [4.78, 5) is 4.20. The molecule has 0 aliphatic heterocycles. The quantitative estimate of drug-likeness (QED) is 0.167. The minimum absolute atomic E-state index is 0.0980. The van der Waals surface area contributed by atoms with Gasteiger partial charge in [0.2, 0.25) is 0 Å². The van der Waals surface area contributed by atoms with Crippen molar-refractivity contribution in [1.82, 2.24) is 4.57 Å². The van der Waals surface area contributed by atoms with Crippen LogP contribution >= 0.6 is 0 Å². The van der Waals surface area contributed by atoms with Crippen LogP contribution in [0.4, 0.5) is 34.1 Å². The molecule has 278 valence electrons. The third-order valence-corrected chi connectivity index (χ3v) is 12.5. The molecule has 1 heterocycles. The van der Waals surface area contributed by atoms with Crippen LogP contribution in [-0.2, 0) is 12.5 Å². The Morgan fingerprint density at radius 3 is 1.71 bits per heavy atom. The number of hydrogen-bond donors (Lipinski definition) is 0. The van der Waals surface area contributed by atoms with E-state index in [2.05, 4.69) is 168 Å².